The molecule has 0 aliphatic carbocycles. The fraction of sp³-hybridized carbons (Fsp3) is 0.182. The fourth-order valence-corrected chi connectivity index (χ4v) is 2.06. The van der Waals surface area contributed by atoms with Crippen LogP contribution in [0.25, 0.3) is 0 Å². The molecule has 0 aliphatic heterocycles. The first-order valence-electron chi connectivity index (χ1n) is 5.03. The predicted octanol–water partition coefficient (Wildman–Crippen LogP) is 1.12. The number of ketones is 1. The number of rotatable bonds is 3. The van der Waals surface area contributed by atoms with E-state index in [2.05, 4.69) is 9.97 Å². The van der Waals surface area contributed by atoms with Gasteiger partial charge >= 0.3 is 0 Å². The third kappa shape index (κ3) is 2.32. The second kappa shape index (κ2) is 4.60. The van der Waals surface area contributed by atoms with Crippen molar-refractivity contribution < 1.29 is 4.79 Å². The smallest absolute Gasteiger partial charge is 0.215 e. The van der Waals surface area contributed by atoms with Crippen LogP contribution in [-0.4, -0.2) is 15.8 Å². The van der Waals surface area contributed by atoms with Gasteiger partial charge in [-0.1, -0.05) is 0 Å². The standard InChI is InChI=1S/C11H12N4OS/c1-6-2-7(11(13)14-4-6)10(16)8-5-17-9(3-12)15-8/h2,4-5H,3,12H2,1H3,(H2,13,14). The number of anilines is 1. The molecule has 0 aliphatic rings. The lowest BCUT2D eigenvalue weighted by atomic mass is 10.1. The molecule has 0 aromatic carbocycles. The van der Waals surface area contributed by atoms with E-state index in [4.69, 9.17) is 11.5 Å². The van der Waals surface area contributed by atoms with E-state index >= 15 is 0 Å². The highest BCUT2D eigenvalue weighted by Gasteiger charge is 2.16. The van der Waals surface area contributed by atoms with Gasteiger partial charge in [-0.3, -0.25) is 4.79 Å². The molecule has 0 fully saturated rings. The quantitative estimate of drug-likeness (QED) is 0.794. The number of nitrogen functional groups attached to an aromatic ring is 1. The Bertz CT molecular complexity index is 564. The molecular weight excluding hydrogens is 236 g/mol. The Morgan fingerprint density at radius 3 is 2.94 bits per heavy atom. The molecule has 17 heavy (non-hydrogen) atoms. The van der Waals surface area contributed by atoms with Crippen molar-refractivity contribution in [1.29, 1.82) is 0 Å². The highest BCUT2D eigenvalue weighted by Crippen LogP contribution is 2.17. The Morgan fingerprint density at radius 1 is 1.53 bits per heavy atom. The number of aromatic nitrogens is 2. The minimum Gasteiger partial charge on any atom is -0.383 e. The second-order valence-electron chi connectivity index (χ2n) is 3.61. The fourth-order valence-electron chi connectivity index (χ4n) is 1.41. The lowest BCUT2D eigenvalue weighted by molar-refractivity contribution is 0.103. The number of carbonyl (C=O) groups is 1. The largest absolute Gasteiger partial charge is 0.383 e. The molecule has 0 amide bonds. The maximum atomic E-state index is 12.1. The third-order valence-corrected chi connectivity index (χ3v) is 3.13. The summed E-state index contributed by atoms with van der Waals surface area (Å²) in [7, 11) is 0. The molecule has 2 aromatic rings. The van der Waals surface area contributed by atoms with Crippen molar-refractivity contribution in [3.8, 4) is 0 Å². The van der Waals surface area contributed by atoms with Crippen LogP contribution in [0.3, 0.4) is 0 Å². The van der Waals surface area contributed by atoms with Crippen molar-refractivity contribution in [2.75, 3.05) is 5.73 Å². The molecular formula is C11H12N4OS. The van der Waals surface area contributed by atoms with Gasteiger partial charge in [-0.05, 0) is 18.6 Å². The topological polar surface area (TPSA) is 94.9 Å². The average Bonchev–Trinajstić information content (AvgIpc) is 2.80. The number of pyridine rings is 1. The summed E-state index contributed by atoms with van der Waals surface area (Å²) in [6.07, 6.45) is 1.62. The van der Waals surface area contributed by atoms with Crippen LogP contribution in [-0.2, 0) is 6.54 Å². The van der Waals surface area contributed by atoms with Crippen LogP contribution in [0.2, 0.25) is 0 Å². The molecule has 0 unspecified atom stereocenters. The maximum Gasteiger partial charge on any atom is 0.215 e. The first-order valence-corrected chi connectivity index (χ1v) is 5.91. The van der Waals surface area contributed by atoms with Crippen molar-refractivity contribution >= 4 is 22.9 Å². The lowest BCUT2D eigenvalue weighted by Crippen LogP contribution is -2.08. The summed E-state index contributed by atoms with van der Waals surface area (Å²) >= 11 is 1.36. The van der Waals surface area contributed by atoms with Crippen molar-refractivity contribution in [2.24, 2.45) is 5.73 Å². The van der Waals surface area contributed by atoms with E-state index in [1.807, 2.05) is 6.92 Å². The molecule has 5 nitrogen and oxygen atoms in total. The second-order valence-corrected chi connectivity index (χ2v) is 4.55. The minimum atomic E-state index is -0.213. The van der Waals surface area contributed by atoms with Crippen molar-refractivity contribution in [1.82, 2.24) is 9.97 Å². The zero-order valence-corrected chi connectivity index (χ0v) is 10.1. The molecule has 2 rings (SSSR count). The Hall–Kier alpha value is -1.79. The molecule has 0 atom stereocenters. The van der Waals surface area contributed by atoms with Gasteiger partial charge in [0.15, 0.2) is 0 Å². The maximum absolute atomic E-state index is 12.1. The Kier molecular flexibility index (Phi) is 3.16. The molecule has 0 bridgehead atoms. The lowest BCUT2D eigenvalue weighted by Gasteiger charge is -2.02. The van der Waals surface area contributed by atoms with E-state index in [0.717, 1.165) is 10.6 Å². The van der Waals surface area contributed by atoms with Gasteiger partial charge in [0.25, 0.3) is 0 Å². The molecule has 0 radical (unpaired) electrons. The zero-order valence-electron chi connectivity index (χ0n) is 9.30. The van der Waals surface area contributed by atoms with Crippen LogP contribution in [0, 0.1) is 6.92 Å². The Morgan fingerprint density at radius 2 is 2.29 bits per heavy atom. The highest BCUT2D eigenvalue weighted by atomic mass is 32.1. The average molecular weight is 248 g/mol. The van der Waals surface area contributed by atoms with Crippen LogP contribution in [0.4, 0.5) is 5.82 Å². The van der Waals surface area contributed by atoms with Crippen molar-refractivity contribution in [3.63, 3.8) is 0 Å². The number of hydrogen-bond donors (Lipinski definition) is 2. The number of hydrogen-bond acceptors (Lipinski definition) is 6. The molecule has 4 N–H and O–H groups in total. The molecule has 0 spiro atoms. The van der Waals surface area contributed by atoms with Crippen molar-refractivity contribution in [2.45, 2.75) is 13.5 Å². The van der Waals surface area contributed by atoms with E-state index in [1.165, 1.54) is 11.3 Å². The van der Waals surface area contributed by atoms with Gasteiger partial charge in [0.05, 0.1) is 5.56 Å². The molecule has 0 saturated carbocycles. The van der Waals surface area contributed by atoms with E-state index < -0.39 is 0 Å². The molecule has 2 heterocycles. The van der Waals surface area contributed by atoms with E-state index in [9.17, 15) is 4.79 Å². The molecule has 2 aromatic heterocycles. The summed E-state index contributed by atoms with van der Waals surface area (Å²) in [4.78, 5) is 20.2. The molecule has 6 heteroatoms. The summed E-state index contributed by atoms with van der Waals surface area (Å²) in [5.74, 6) is 0.0116. The SMILES string of the molecule is Cc1cnc(N)c(C(=O)c2csc(CN)n2)c1. The summed E-state index contributed by atoms with van der Waals surface area (Å²) in [6.45, 7) is 2.19. The number of nitrogens with zero attached hydrogens (tertiary/aromatic N) is 2. The van der Waals surface area contributed by atoms with Gasteiger partial charge in [0.1, 0.15) is 16.5 Å². The summed E-state index contributed by atoms with van der Waals surface area (Å²) in [5.41, 5.74) is 12.8. The highest BCUT2D eigenvalue weighted by molar-refractivity contribution is 7.09. The number of carbonyl (C=O) groups excluding carboxylic acids is 1. The summed E-state index contributed by atoms with van der Waals surface area (Å²) < 4.78 is 0. The number of nitrogens with two attached hydrogens (primary N) is 2. The van der Waals surface area contributed by atoms with Gasteiger partial charge in [-0.15, -0.1) is 11.3 Å². The summed E-state index contributed by atoms with van der Waals surface area (Å²) in [5, 5.41) is 2.42. The summed E-state index contributed by atoms with van der Waals surface area (Å²) in [6, 6.07) is 1.71. The predicted molar refractivity (Wildman–Crippen MR) is 66.8 cm³/mol. The van der Waals surface area contributed by atoms with Gasteiger partial charge < -0.3 is 11.5 Å². The first-order chi connectivity index (χ1) is 8.11. The Labute approximate surface area is 103 Å². The number of thiazole rings is 1. The normalized spacial score (nSPS) is 10.5. The van der Waals surface area contributed by atoms with Gasteiger partial charge in [0.2, 0.25) is 5.78 Å². The minimum absolute atomic E-state index is 0.213. The zero-order chi connectivity index (χ0) is 12.4. The first kappa shape index (κ1) is 11.7. The number of aryl methyl sites for hydroxylation is 1. The van der Waals surface area contributed by atoms with Gasteiger partial charge in [0, 0.05) is 18.1 Å². The van der Waals surface area contributed by atoms with Crippen molar-refractivity contribution in [3.05, 3.63) is 39.5 Å². The van der Waals surface area contributed by atoms with Crippen LogP contribution in [0.5, 0.6) is 0 Å². The Balaban J connectivity index is 2.39. The van der Waals surface area contributed by atoms with Gasteiger partial charge in [-0.2, -0.15) is 0 Å². The van der Waals surface area contributed by atoms with Crippen LogP contribution >= 0.6 is 11.3 Å². The van der Waals surface area contributed by atoms with Crippen LogP contribution < -0.4 is 11.5 Å². The molecule has 0 saturated heterocycles. The van der Waals surface area contributed by atoms with Crippen LogP contribution in [0.1, 0.15) is 26.6 Å². The van der Waals surface area contributed by atoms with Crippen LogP contribution in [0.15, 0.2) is 17.6 Å². The molecule has 88 valence electrons. The third-order valence-electron chi connectivity index (χ3n) is 2.26. The van der Waals surface area contributed by atoms with E-state index in [0.29, 0.717) is 17.8 Å². The van der Waals surface area contributed by atoms with E-state index in [-0.39, 0.29) is 11.6 Å². The van der Waals surface area contributed by atoms with Gasteiger partial charge in [-0.25, -0.2) is 9.97 Å². The van der Waals surface area contributed by atoms with E-state index in [1.54, 1.807) is 17.6 Å². The monoisotopic (exact) mass is 248 g/mol.